The Kier molecular flexibility index (Phi) is 6.59. The average Bonchev–Trinajstić information content (AvgIpc) is 3.01. The van der Waals surface area contributed by atoms with E-state index in [1.165, 1.54) is 11.7 Å². The van der Waals surface area contributed by atoms with E-state index < -0.39 is 9.84 Å². The van der Waals surface area contributed by atoms with E-state index in [-0.39, 0.29) is 66.7 Å². The van der Waals surface area contributed by atoms with Crippen molar-refractivity contribution in [1.29, 1.82) is 0 Å². The van der Waals surface area contributed by atoms with Crippen molar-refractivity contribution in [3.8, 4) is 12.0 Å². The number of rotatable bonds is 9. The lowest BCUT2D eigenvalue weighted by atomic mass is 10.1. The van der Waals surface area contributed by atoms with Crippen molar-refractivity contribution in [2.75, 3.05) is 31.5 Å². The van der Waals surface area contributed by atoms with Gasteiger partial charge in [-0.05, 0) is 17.5 Å². The highest BCUT2D eigenvalue weighted by atomic mass is 32.2. The maximum Gasteiger partial charge on any atom is 0.320 e. The molecule has 0 saturated carbocycles. The second-order valence-corrected chi connectivity index (χ2v) is 9.23. The topological polar surface area (TPSA) is 160 Å². The highest BCUT2D eigenvalue weighted by Crippen LogP contribution is 2.26. The number of fused-ring (bicyclic) bond motifs is 1. The summed E-state index contributed by atoms with van der Waals surface area (Å²) >= 11 is 0. The van der Waals surface area contributed by atoms with E-state index in [0.29, 0.717) is 0 Å². The molecule has 0 fully saturated rings. The van der Waals surface area contributed by atoms with Crippen LogP contribution in [0.15, 0.2) is 24.3 Å². The standard InChI is InChI=1S/C19H23N5O6S/c1-29-14(25)10-12-5-3-6-13(9-12)11-24-17-15(21-19(24)26)16(20)22-18(23-17)30-7-4-8-31(2,27)28/h3,5-6,9H,4,7-8,10-11H2,1-2H3,(H,21,26)(H2,20,22,23). The molecule has 3 N–H and O–H groups in total. The summed E-state index contributed by atoms with van der Waals surface area (Å²) in [4.78, 5) is 23.8. The molecule has 31 heavy (non-hydrogen) atoms. The number of nitrogens with zero attached hydrogens (tertiary/aromatic N) is 4. The molecule has 0 aliphatic carbocycles. The van der Waals surface area contributed by atoms with Crippen LogP contribution in [-0.2, 0) is 32.3 Å². The lowest BCUT2D eigenvalue weighted by Crippen LogP contribution is -2.10. The van der Waals surface area contributed by atoms with Crippen molar-refractivity contribution in [3.63, 3.8) is 0 Å². The number of benzene rings is 1. The van der Waals surface area contributed by atoms with Gasteiger partial charge in [0.05, 0.1) is 32.4 Å². The molecule has 0 saturated heterocycles. The number of ether oxygens (including phenoxy) is 2. The van der Waals surface area contributed by atoms with Crippen molar-refractivity contribution in [1.82, 2.24) is 19.5 Å². The molecule has 11 nitrogen and oxygen atoms in total. The molecule has 0 atom stereocenters. The Morgan fingerprint density at radius 2 is 1.97 bits per heavy atom. The van der Waals surface area contributed by atoms with Gasteiger partial charge in [0.25, 0.3) is 6.01 Å². The van der Waals surface area contributed by atoms with E-state index in [9.17, 15) is 18.3 Å². The van der Waals surface area contributed by atoms with E-state index in [2.05, 4.69) is 19.7 Å². The zero-order chi connectivity index (χ0) is 22.6. The summed E-state index contributed by atoms with van der Waals surface area (Å²) in [5.74, 6) is -0.353. The van der Waals surface area contributed by atoms with Gasteiger partial charge in [0.15, 0.2) is 17.0 Å². The molecule has 0 spiro atoms. The Morgan fingerprint density at radius 3 is 2.68 bits per heavy atom. The van der Waals surface area contributed by atoms with Crippen molar-refractivity contribution in [3.05, 3.63) is 35.4 Å². The SMILES string of the molecule is COC(=O)Cc1cccc(Cn2c(O)nc3c(N)nc(OCCCS(C)(=O)=O)nc32)c1. The van der Waals surface area contributed by atoms with E-state index in [1.54, 1.807) is 12.1 Å². The molecule has 0 unspecified atom stereocenters. The maximum atomic E-state index is 11.5. The van der Waals surface area contributed by atoms with Gasteiger partial charge >= 0.3 is 12.0 Å². The van der Waals surface area contributed by atoms with Crippen LogP contribution >= 0.6 is 0 Å². The Morgan fingerprint density at radius 1 is 1.23 bits per heavy atom. The predicted octanol–water partition coefficient (Wildman–Crippen LogP) is 0.691. The number of methoxy groups -OCH3 is 1. The number of hydrogen-bond acceptors (Lipinski definition) is 10. The number of imidazole rings is 1. The second kappa shape index (κ2) is 9.16. The lowest BCUT2D eigenvalue weighted by molar-refractivity contribution is -0.139. The first-order valence-electron chi connectivity index (χ1n) is 9.34. The number of aromatic hydroxyl groups is 1. The third-order valence-corrected chi connectivity index (χ3v) is 5.41. The average molecular weight is 449 g/mol. The molecule has 0 amide bonds. The zero-order valence-corrected chi connectivity index (χ0v) is 17.9. The molecule has 0 aliphatic rings. The van der Waals surface area contributed by atoms with Gasteiger partial charge in [0.1, 0.15) is 9.84 Å². The molecule has 12 heteroatoms. The summed E-state index contributed by atoms with van der Waals surface area (Å²) in [6, 6.07) is 6.90. The highest BCUT2D eigenvalue weighted by molar-refractivity contribution is 7.90. The molecular weight excluding hydrogens is 426 g/mol. The number of carbonyl (C=O) groups is 1. The van der Waals surface area contributed by atoms with Gasteiger partial charge in [-0.2, -0.15) is 15.0 Å². The number of nitrogens with two attached hydrogens (primary N) is 1. The van der Waals surface area contributed by atoms with E-state index in [4.69, 9.17) is 10.5 Å². The van der Waals surface area contributed by atoms with Gasteiger partial charge in [0.2, 0.25) is 0 Å². The summed E-state index contributed by atoms with van der Waals surface area (Å²) in [5.41, 5.74) is 7.97. The predicted molar refractivity (Wildman–Crippen MR) is 112 cm³/mol. The first-order valence-corrected chi connectivity index (χ1v) is 11.4. The summed E-state index contributed by atoms with van der Waals surface area (Å²) in [6.07, 6.45) is 1.55. The molecule has 2 heterocycles. The third-order valence-electron chi connectivity index (χ3n) is 4.38. The van der Waals surface area contributed by atoms with Crippen molar-refractivity contribution in [2.24, 2.45) is 0 Å². The van der Waals surface area contributed by atoms with Crippen molar-refractivity contribution < 1.29 is 27.8 Å². The molecular formula is C19H23N5O6S. The molecule has 166 valence electrons. The van der Waals surface area contributed by atoms with Gasteiger partial charge in [0, 0.05) is 6.26 Å². The summed E-state index contributed by atoms with van der Waals surface area (Å²) in [6.45, 7) is 0.301. The van der Waals surface area contributed by atoms with Crippen molar-refractivity contribution in [2.45, 2.75) is 19.4 Å². The Hall–Kier alpha value is -3.41. The van der Waals surface area contributed by atoms with Gasteiger partial charge < -0.3 is 20.3 Å². The van der Waals surface area contributed by atoms with Crippen LogP contribution in [0.25, 0.3) is 11.2 Å². The first-order chi connectivity index (χ1) is 14.7. The maximum absolute atomic E-state index is 11.5. The van der Waals surface area contributed by atoms with Crippen LogP contribution in [0.5, 0.6) is 12.0 Å². The van der Waals surface area contributed by atoms with Gasteiger partial charge in [-0.1, -0.05) is 24.3 Å². The molecule has 0 bridgehead atoms. The zero-order valence-electron chi connectivity index (χ0n) is 17.1. The fraction of sp³-hybridized carbons (Fsp3) is 0.368. The molecule has 0 aliphatic heterocycles. The first kappa shape index (κ1) is 22.3. The molecule has 3 aromatic rings. The smallest absolute Gasteiger partial charge is 0.320 e. The van der Waals surface area contributed by atoms with Crippen LogP contribution in [0.2, 0.25) is 0 Å². The number of carbonyl (C=O) groups excluding carboxylic acids is 1. The Labute approximate surface area is 178 Å². The number of anilines is 1. The molecule has 3 rings (SSSR count). The van der Waals surface area contributed by atoms with Crippen LogP contribution in [0.4, 0.5) is 5.82 Å². The van der Waals surface area contributed by atoms with E-state index >= 15 is 0 Å². The van der Waals surface area contributed by atoms with Crippen LogP contribution in [0.3, 0.4) is 0 Å². The Balaban J connectivity index is 1.84. The normalized spacial score (nSPS) is 11.5. The highest BCUT2D eigenvalue weighted by Gasteiger charge is 2.17. The third kappa shape index (κ3) is 5.81. The van der Waals surface area contributed by atoms with Gasteiger partial charge in [-0.3, -0.25) is 9.36 Å². The Bertz CT molecular complexity index is 1210. The largest absolute Gasteiger partial charge is 0.480 e. The quantitative estimate of drug-likeness (QED) is 0.351. The van der Waals surface area contributed by atoms with Crippen LogP contribution in [-0.4, -0.2) is 64.7 Å². The minimum absolute atomic E-state index is 0.0225. The summed E-state index contributed by atoms with van der Waals surface area (Å²) in [5, 5.41) is 10.3. The van der Waals surface area contributed by atoms with Crippen LogP contribution in [0.1, 0.15) is 17.5 Å². The fourth-order valence-electron chi connectivity index (χ4n) is 2.94. The van der Waals surface area contributed by atoms with E-state index in [1.807, 2.05) is 12.1 Å². The molecule has 0 radical (unpaired) electrons. The minimum atomic E-state index is -3.09. The summed E-state index contributed by atoms with van der Waals surface area (Å²) in [7, 11) is -1.77. The number of aromatic nitrogens is 4. The summed E-state index contributed by atoms with van der Waals surface area (Å²) < 4.78 is 34.0. The number of sulfone groups is 1. The van der Waals surface area contributed by atoms with Gasteiger partial charge in [-0.25, -0.2) is 8.42 Å². The monoisotopic (exact) mass is 449 g/mol. The lowest BCUT2D eigenvalue weighted by Gasteiger charge is -2.09. The minimum Gasteiger partial charge on any atom is -0.480 e. The number of hydrogen-bond donors (Lipinski definition) is 2. The number of nitrogen functional groups attached to an aromatic ring is 1. The number of esters is 1. The molecule has 2 aromatic heterocycles. The second-order valence-electron chi connectivity index (χ2n) is 6.97. The fourth-order valence-corrected chi connectivity index (χ4v) is 3.59. The van der Waals surface area contributed by atoms with Gasteiger partial charge in [-0.15, -0.1) is 0 Å². The van der Waals surface area contributed by atoms with E-state index in [0.717, 1.165) is 17.4 Å². The van der Waals surface area contributed by atoms with Crippen LogP contribution in [0, 0.1) is 0 Å². The molecule has 1 aromatic carbocycles. The van der Waals surface area contributed by atoms with Crippen LogP contribution < -0.4 is 10.5 Å². The van der Waals surface area contributed by atoms with Crippen molar-refractivity contribution >= 4 is 32.8 Å².